The topological polar surface area (TPSA) is 191 Å². The molecule has 0 radical (unpaired) electrons. The fourth-order valence-electron chi connectivity index (χ4n) is 2.50. The third-order valence-electron chi connectivity index (χ3n) is 3.85. The summed E-state index contributed by atoms with van der Waals surface area (Å²) < 4.78 is 10.1. The Kier molecular flexibility index (Phi) is 11.2. The minimum absolute atomic E-state index is 0.0719. The summed E-state index contributed by atoms with van der Waals surface area (Å²) in [6, 6.07) is 6.13. The smallest absolute Gasteiger partial charge is 0.341 e. The summed E-state index contributed by atoms with van der Waals surface area (Å²) in [7, 11) is 0. The van der Waals surface area contributed by atoms with Gasteiger partial charge in [-0.3, -0.25) is 29.0 Å². The zero-order chi connectivity index (χ0) is 24.1. The molecular weight excluding hydrogens is 432 g/mol. The number of ether oxygens (including phenoxy) is 2. The van der Waals surface area contributed by atoms with E-state index in [9.17, 15) is 24.0 Å². The molecule has 0 aliphatic heterocycles. The van der Waals surface area contributed by atoms with Crippen molar-refractivity contribution in [3.63, 3.8) is 0 Å². The number of carbonyl (C=O) groups is 5. The van der Waals surface area contributed by atoms with Crippen molar-refractivity contribution >= 4 is 29.8 Å². The molecule has 32 heavy (non-hydrogen) atoms. The lowest BCUT2D eigenvalue weighted by Gasteiger charge is -2.24. The number of aliphatic carboxylic acids is 4. The Morgan fingerprint density at radius 1 is 0.688 bits per heavy atom. The average Bonchev–Trinajstić information content (AvgIpc) is 2.68. The lowest BCUT2D eigenvalue weighted by molar-refractivity contribution is -0.149. The molecule has 0 aliphatic rings. The Morgan fingerprint density at radius 2 is 1.16 bits per heavy atom. The van der Waals surface area contributed by atoms with E-state index in [1.807, 2.05) is 0 Å². The SMILES string of the molecule is O=C(O)COc1ccc(COC(=O)CN(CCN(CC(=O)O)CC(=O)O)CC(=O)O)cc1. The van der Waals surface area contributed by atoms with Gasteiger partial charge in [0.2, 0.25) is 0 Å². The van der Waals surface area contributed by atoms with Gasteiger partial charge in [-0.25, -0.2) is 4.79 Å². The fraction of sp³-hybridized carbons (Fsp3) is 0.421. The second kappa shape index (κ2) is 13.6. The number of hydrogen-bond acceptors (Lipinski definition) is 9. The summed E-state index contributed by atoms with van der Waals surface area (Å²) >= 11 is 0. The first kappa shape index (κ1) is 26.3. The number of rotatable bonds is 16. The van der Waals surface area contributed by atoms with Gasteiger partial charge in [0.25, 0.3) is 0 Å². The van der Waals surface area contributed by atoms with Gasteiger partial charge < -0.3 is 29.9 Å². The molecule has 0 aliphatic carbocycles. The molecule has 0 saturated carbocycles. The minimum atomic E-state index is -1.24. The van der Waals surface area contributed by atoms with Crippen molar-refractivity contribution in [2.45, 2.75) is 6.61 Å². The third-order valence-corrected chi connectivity index (χ3v) is 3.85. The first-order chi connectivity index (χ1) is 15.0. The summed E-state index contributed by atoms with van der Waals surface area (Å²) in [5.41, 5.74) is 0.583. The van der Waals surface area contributed by atoms with E-state index in [4.69, 9.17) is 29.9 Å². The van der Waals surface area contributed by atoms with Crippen LogP contribution in [0.25, 0.3) is 0 Å². The normalized spacial score (nSPS) is 10.7. The van der Waals surface area contributed by atoms with E-state index < -0.39 is 62.6 Å². The lowest BCUT2D eigenvalue weighted by atomic mass is 10.2. The van der Waals surface area contributed by atoms with Crippen molar-refractivity contribution < 1.29 is 53.9 Å². The van der Waals surface area contributed by atoms with Crippen molar-refractivity contribution in [2.24, 2.45) is 0 Å². The van der Waals surface area contributed by atoms with Gasteiger partial charge in [-0.1, -0.05) is 12.1 Å². The molecule has 13 nitrogen and oxygen atoms in total. The number of benzene rings is 1. The van der Waals surface area contributed by atoms with Crippen LogP contribution in [0, 0.1) is 0 Å². The van der Waals surface area contributed by atoms with Crippen LogP contribution in [-0.4, -0.2) is 106 Å². The predicted octanol–water partition coefficient (Wildman–Crippen LogP) is -0.949. The van der Waals surface area contributed by atoms with Crippen LogP contribution in [0.2, 0.25) is 0 Å². The fourth-order valence-corrected chi connectivity index (χ4v) is 2.50. The number of nitrogens with zero attached hydrogens (tertiary/aromatic N) is 2. The molecular formula is C19H24N2O11. The van der Waals surface area contributed by atoms with E-state index in [0.29, 0.717) is 11.3 Å². The number of carboxylic acid groups (broad SMARTS) is 4. The maximum absolute atomic E-state index is 12.1. The molecule has 0 amide bonds. The molecule has 1 rings (SSSR count). The Labute approximate surface area is 182 Å². The van der Waals surface area contributed by atoms with Gasteiger partial charge in [-0.15, -0.1) is 0 Å². The number of carboxylic acids is 4. The van der Waals surface area contributed by atoms with Crippen LogP contribution in [0.15, 0.2) is 24.3 Å². The maximum Gasteiger partial charge on any atom is 0.341 e. The van der Waals surface area contributed by atoms with Gasteiger partial charge in [0.1, 0.15) is 12.4 Å². The van der Waals surface area contributed by atoms with Crippen LogP contribution >= 0.6 is 0 Å². The Balaban J connectivity index is 2.58. The van der Waals surface area contributed by atoms with E-state index in [0.717, 1.165) is 4.90 Å². The summed E-state index contributed by atoms with van der Waals surface area (Å²) in [6.07, 6.45) is 0. The standard InChI is InChI=1S/C19H24N2O11/c22-15(23)7-20(8-16(24)25)5-6-21(9-17(26)27)10-19(30)32-11-13-1-3-14(4-2-13)31-12-18(28)29/h1-4H,5-12H2,(H,22,23)(H,24,25)(H,26,27)(H,28,29). The van der Waals surface area contributed by atoms with Crippen molar-refractivity contribution in [3.8, 4) is 5.75 Å². The zero-order valence-corrected chi connectivity index (χ0v) is 17.0. The van der Waals surface area contributed by atoms with E-state index in [1.54, 1.807) is 12.1 Å². The number of esters is 1. The molecule has 0 spiro atoms. The van der Waals surface area contributed by atoms with Crippen molar-refractivity contribution in [2.75, 3.05) is 45.9 Å². The molecule has 0 atom stereocenters. The quantitative estimate of drug-likeness (QED) is 0.223. The van der Waals surface area contributed by atoms with E-state index in [2.05, 4.69) is 0 Å². The molecule has 0 unspecified atom stereocenters. The highest BCUT2D eigenvalue weighted by Gasteiger charge is 2.19. The van der Waals surface area contributed by atoms with E-state index in [-0.39, 0.29) is 19.7 Å². The molecule has 0 fully saturated rings. The predicted molar refractivity (Wildman–Crippen MR) is 105 cm³/mol. The number of hydrogen-bond donors (Lipinski definition) is 4. The second-order valence-corrected chi connectivity index (χ2v) is 6.59. The highest BCUT2D eigenvalue weighted by atomic mass is 16.5. The molecule has 0 saturated heterocycles. The molecule has 1 aromatic carbocycles. The van der Waals surface area contributed by atoms with Crippen LogP contribution < -0.4 is 4.74 Å². The summed E-state index contributed by atoms with van der Waals surface area (Å²) in [4.78, 5) is 57.6. The van der Waals surface area contributed by atoms with Crippen LogP contribution in [0.5, 0.6) is 5.75 Å². The van der Waals surface area contributed by atoms with Crippen molar-refractivity contribution in [3.05, 3.63) is 29.8 Å². The van der Waals surface area contributed by atoms with Crippen LogP contribution in [0.3, 0.4) is 0 Å². The van der Waals surface area contributed by atoms with Crippen LogP contribution in [0.1, 0.15) is 5.56 Å². The van der Waals surface area contributed by atoms with E-state index >= 15 is 0 Å². The maximum atomic E-state index is 12.1. The average molecular weight is 456 g/mol. The molecule has 1 aromatic rings. The highest BCUT2D eigenvalue weighted by Crippen LogP contribution is 2.13. The minimum Gasteiger partial charge on any atom is -0.482 e. The molecule has 0 heterocycles. The number of carbonyl (C=O) groups excluding carboxylic acids is 1. The van der Waals surface area contributed by atoms with Gasteiger partial charge in [0.15, 0.2) is 6.61 Å². The van der Waals surface area contributed by atoms with Crippen LogP contribution in [0.4, 0.5) is 0 Å². The Hall–Kier alpha value is -3.71. The van der Waals surface area contributed by atoms with Crippen molar-refractivity contribution in [1.82, 2.24) is 9.80 Å². The summed E-state index contributed by atoms with van der Waals surface area (Å²) in [6.45, 7) is -2.81. The zero-order valence-electron chi connectivity index (χ0n) is 17.0. The molecule has 176 valence electrons. The van der Waals surface area contributed by atoms with Crippen molar-refractivity contribution in [1.29, 1.82) is 0 Å². The third kappa shape index (κ3) is 12.1. The molecule has 13 heteroatoms. The largest absolute Gasteiger partial charge is 0.482 e. The van der Waals surface area contributed by atoms with Gasteiger partial charge in [0.05, 0.1) is 26.2 Å². The van der Waals surface area contributed by atoms with Gasteiger partial charge in [-0.05, 0) is 17.7 Å². The second-order valence-electron chi connectivity index (χ2n) is 6.59. The Bertz CT molecular complexity index is 794. The van der Waals surface area contributed by atoms with Gasteiger partial charge in [0, 0.05) is 13.1 Å². The molecule has 4 N–H and O–H groups in total. The first-order valence-corrected chi connectivity index (χ1v) is 9.24. The molecule has 0 bridgehead atoms. The lowest BCUT2D eigenvalue weighted by Crippen LogP contribution is -2.43. The van der Waals surface area contributed by atoms with E-state index in [1.165, 1.54) is 17.0 Å². The van der Waals surface area contributed by atoms with Gasteiger partial charge in [-0.2, -0.15) is 0 Å². The first-order valence-electron chi connectivity index (χ1n) is 9.24. The summed E-state index contributed by atoms with van der Waals surface area (Å²) in [5, 5.41) is 35.3. The van der Waals surface area contributed by atoms with Gasteiger partial charge >= 0.3 is 29.8 Å². The highest BCUT2D eigenvalue weighted by molar-refractivity contribution is 5.74. The monoisotopic (exact) mass is 456 g/mol. The Morgan fingerprint density at radius 3 is 1.59 bits per heavy atom. The molecule has 0 aromatic heterocycles. The van der Waals surface area contributed by atoms with Crippen LogP contribution in [-0.2, 0) is 35.3 Å². The summed E-state index contributed by atoms with van der Waals surface area (Å²) in [5.74, 6) is -5.24.